The molecule has 156 valence electrons. The first kappa shape index (κ1) is 22.1. The summed E-state index contributed by atoms with van der Waals surface area (Å²) < 4.78 is 5.02. The maximum atomic E-state index is 12.6. The number of hydrogen-bond donors (Lipinski definition) is 2. The van der Waals surface area contributed by atoms with Crippen molar-refractivity contribution >= 4 is 29.6 Å². The second kappa shape index (κ2) is 9.81. The number of imide groups is 1. The van der Waals surface area contributed by atoms with Gasteiger partial charge in [-0.2, -0.15) is 0 Å². The minimum Gasteiger partial charge on any atom is -0.454 e. The highest BCUT2D eigenvalue weighted by Crippen LogP contribution is 2.27. The highest BCUT2D eigenvalue weighted by molar-refractivity contribution is 6.22. The van der Waals surface area contributed by atoms with Crippen LogP contribution < -0.4 is 10.6 Å². The standard InChI is InChI=1S/C20H25N3O6/c1-4-9-21-15(24)10-22-16(25)11-29-20(28)17(12(2)3)23-18(26)13-7-5-6-8-14(13)19(23)27/h5-8,12,17H,4,9-11H2,1-3H3,(H,21,24)(H,22,25)/t17-/m0/s1. The van der Waals surface area contributed by atoms with Crippen LogP contribution in [0.5, 0.6) is 0 Å². The molecular weight excluding hydrogens is 378 g/mol. The Morgan fingerprint density at radius 1 is 1.00 bits per heavy atom. The lowest BCUT2D eigenvalue weighted by atomic mass is 10.0. The van der Waals surface area contributed by atoms with Crippen molar-refractivity contribution in [1.29, 1.82) is 0 Å². The van der Waals surface area contributed by atoms with Crippen molar-refractivity contribution in [2.45, 2.75) is 33.2 Å². The Morgan fingerprint density at radius 2 is 1.59 bits per heavy atom. The van der Waals surface area contributed by atoms with Gasteiger partial charge in [0.25, 0.3) is 17.7 Å². The van der Waals surface area contributed by atoms with Gasteiger partial charge in [0.1, 0.15) is 6.04 Å². The first-order valence-corrected chi connectivity index (χ1v) is 9.44. The summed E-state index contributed by atoms with van der Waals surface area (Å²) >= 11 is 0. The first-order chi connectivity index (χ1) is 13.8. The molecule has 0 aromatic heterocycles. The highest BCUT2D eigenvalue weighted by atomic mass is 16.5. The normalized spacial score (nSPS) is 13.9. The molecular formula is C20H25N3O6. The van der Waals surface area contributed by atoms with Crippen LogP contribution in [-0.2, 0) is 19.1 Å². The molecule has 0 bridgehead atoms. The average molecular weight is 403 g/mol. The molecule has 0 unspecified atom stereocenters. The second-order valence-corrected chi connectivity index (χ2v) is 6.95. The number of nitrogens with one attached hydrogen (secondary N) is 2. The highest BCUT2D eigenvalue weighted by Gasteiger charge is 2.44. The summed E-state index contributed by atoms with van der Waals surface area (Å²) in [7, 11) is 0. The van der Waals surface area contributed by atoms with E-state index in [4.69, 9.17) is 4.74 Å². The summed E-state index contributed by atoms with van der Waals surface area (Å²) in [4.78, 5) is 62.0. The van der Waals surface area contributed by atoms with Crippen LogP contribution in [0.1, 0.15) is 47.9 Å². The molecule has 0 aliphatic carbocycles. The molecule has 1 aliphatic rings. The molecule has 1 aromatic carbocycles. The zero-order valence-corrected chi connectivity index (χ0v) is 16.7. The van der Waals surface area contributed by atoms with Gasteiger partial charge in [0.15, 0.2) is 6.61 Å². The third-order valence-corrected chi connectivity index (χ3v) is 4.34. The molecule has 2 N–H and O–H groups in total. The Kier molecular flexibility index (Phi) is 7.46. The molecule has 1 aliphatic heterocycles. The largest absolute Gasteiger partial charge is 0.454 e. The van der Waals surface area contributed by atoms with Crippen LogP contribution >= 0.6 is 0 Å². The maximum absolute atomic E-state index is 12.6. The SMILES string of the molecule is CCCNC(=O)CNC(=O)COC(=O)[C@H](C(C)C)N1C(=O)c2ccccc2C1=O. The topological polar surface area (TPSA) is 122 Å². The molecule has 9 nitrogen and oxygen atoms in total. The van der Waals surface area contributed by atoms with E-state index in [1.165, 1.54) is 12.1 Å². The number of carbonyl (C=O) groups is 5. The molecule has 1 atom stereocenters. The molecule has 2 rings (SSSR count). The van der Waals surface area contributed by atoms with Crippen LogP contribution in [-0.4, -0.2) is 60.2 Å². The average Bonchev–Trinajstić information content (AvgIpc) is 2.94. The number of fused-ring (bicyclic) bond motifs is 1. The number of carbonyl (C=O) groups excluding carboxylic acids is 5. The fourth-order valence-corrected chi connectivity index (χ4v) is 2.92. The van der Waals surface area contributed by atoms with Gasteiger partial charge in [0, 0.05) is 6.54 Å². The van der Waals surface area contributed by atoms with E-state index >= 15 is 0 Å². The van der Waals surface area contributed by atoms with E-state index in [-0.39, 0.29) is 23.6 Å². The van der Waals surface area contributed by atoms with Gasteiger partial charge in [-0.1, -0.05) is 32.9 Å². The number of rotatable bonds is 9. The van der Waals surface area contributed by atoms with Crippen LogP contribution in [0.2, 0.25) is 0 Å². The lowest BCUT2D eigenvalue weighted by molar-refractivity contribution is -0.153. The van der Waals surface area contributed by atoms with E-state index in [1.807, 2.05) is 6.92 Å². The molecule has 0 saturated heterocycles. The molecule has 4 amide bonds. The van der Waals surface area contributed by atoms with Crippen molar-refractivity contribution in [2.24, 2.45) is 5.92 Å². The van der Waals surface area contributed by atoms with Crippen LogP contribution in [0.3, 0.4) is 0 Å². The Balaban J connectivity index is 1.97. The Hall–Kier alpha value is -3.23. The fraction of sp³-hybridized carbons (Fsp3) is 0.450. The Bertz CT molecular complexity index is 785. The van der Waals surface area contributed by atoms with E-state index in [0.29, 0.717) is 6.54 Å². The smallest absolute Gasteiger partial charge is 0.330 e. The van der Waals surface area contributed by atoms with Gasteiger partial charge in [-0.05, 0) is 24.5 Å². The van der Waals surface area contributed by atoms with Gasteiger partial charge < -0.3 is 15.4 Å². The van der Waals surface area contributed by atoms with Crippen molar-refractivity contribution in [3.63, 3.8) is 0 Å². The Morgan fingerprint density at radius 3 is 2.10 bits per heavy atom. The van der Waals surface area contributed by atoms with Crippen molar-refractivity contribution in [2.75, 3.05) is 19.7 Å². The van der Waals surface area contributed by atoms with Gasteiger partial charge in [-0.15, -0.1) is 0 Å². The zero-order valence-electron chi connectivity index (χ0n) is 16.7. The van der Waals surface area contributed by atoms with E-state index in [1.54, 1.807) is 26.0 Å². The molecule has 0 spiro atoms. The lowest BCUT2D eigenvalue weighted by Gasteiger charge is -2.27. The van der Waals surface area contributed by atoms with E-state index in [9.17, 15) is 24.0 Å². The van der Waals surface area contributed by atoms with Crippen LogP contribution in [0, 0.1) is 5.92 Å². The predicted octanol–water partition coefficient (Wildman–Crippen LogP) is 0.493. The fourth-order valence-electron chi connectivity index (χ4n) is 2.92. The molecule has 1 heterocycles. The summed E-state index contributed by atoms with van der Waals surface area (Å²) in [5, 5.41) is 4.94. The summed E-state index contributed by atoms with van der Waals surface area (Å²) in [5.41, 5.74) is 0.457. The quantitative estimate of drug-likeness (QED) is 0.457. The number of nitrogens with zero attached hydrogens (tertiary/aromatic N) is 1. The molecule has 29 heavy (non-hydrogen) atoms. The van der Waals surface area contributed by atoms with Crippen LogP contribution in [0.4, 0.5) is 0 Å². The molecule has 0 fully saturated rings. The monoisotopic (exact) mass is 403 g/mol. The Labute approximate surface area is 168 Å². The number of amides is 4. The van der Waals surface area contributed by atoms with Gasteiger partial charge in [0.2, 0.25) is 5.91 Å². The van der Waals surface area contributed by atoms with E-state index in [2.05, 4.69) is 10.6 Å². The van der Waals surface area contributed by atoms with Crippen molar-refractivity contribution in [3.8, 4) is 0 Å². The third kappa shape index (κ3) is 5.18. The van der Waals surface area contributed by atoms with E-state index < -0.39 is 42.3 Å². The third-order valence-electron chi connectivity index (χ3n) is 4.34. The first-order valence-electron chi connectivity index (χ1n) is 9.44. The van der Waals surface area contributed by atoms with Gasteiger partial charge in [-0.25, -0.2) is 4.79 Å². The number of hydrogen-bond acceptors (Lipinski definition) is 6. The van der Waals surface area contributed by atoms with Crippen molar-refractivity contribution in [1.82, 2.24) is 15.5 Å². The van der Waals surface area contributed by atoms with E-state index in [0.717, 1.165) is 11.3 Å². The van der Waals surface area contributed by atoms with Gasteiger partial charge >= 0.3 is 5.97 Å². The molecule has 1 aromatic rings. The predicted molar refractivity (Wildman–Crippen MR) is 103 cm³/mol. The summed E-state index contributed by atoms with van der Waals surface area (Å²) in [6, 6.07) is 5.15. The maximum Gasteiger partial charge on any atom is 0.330 e. The minimum absolute atomic E-state index is 0.229. The molecule has 0 radical (unpaired) electrons. The summed E-state index contributed by atoms with van der Waals surface area (Å²) in [6.45, 7) is 4.90. The second-order valence-electron chi connectivity index (χ2n) is 6.95. The van der Waals surface area contributed by atoms with Crippen molar-refractivity contribution in [3.05, 3.63) is 35.4 Å². The number of benzene rings is 1. The molecule has 9 heteroatoms. The lowest BCUT2D eigenvalue weighted by Crippen LogP contribution is -2.49. The van der Waals surface area contributed by atoms with Gasteiger partial charge in [-0.3, -0.25) is 24.1 Å². The minimum atomic E-state index is -1.16. The number of esters is 1. The van der Waals surface area contributed by atoms with Gasteiger partial charge in [0.05, 0.1) is 17.7 Å². The van der Waals surface area contributed by atoms with Crippen LogP contribution in [0.15, 0.2) is 24.3 Å². The van der Waals surface area contributed by atoms with Crippen LogP contribution in [0.25, 0.3) is 0 Å². The molecule has 0 saturated carbocycles. The number of ether oxygens (including phenoxy) is 1. The summed E-state index contributed by atoms with van der Waals surface area (Å²) in [6.07, 6.45) is 0.770. The zero-order chi connectivity index (χ0) is 21.6. The van der Waals surface area contributed by atoms with Crippen molar-refractivity contribution < 1.29 is 28.7 Å². The summed E-state index contributed by atoms with van der Waals surface area (Å²) in [5.74, 6) is -3.43.